The monoisotopic (exact) mass is 275 g/mol. The summed E-state index contributed by atoms with van der Waals surface area (Å²) >= 11 is 1.66. The van der Waals surface area contributed by atoms with Gasteiger partial charge in [-0.15, -0.1) is 11.3 Å². The molecule has 0 aromatic carbocycles. The molecule has 0 amide bonds. The average molecular weight is 275 g/mol. The molecule has 3 heterocycles. The van der Waals surface area contributed by atoms with Crippen LogP contribution in [-0.2, 0) is 6.61 Å². The predicted molar refractivity (Wildman–Crippen MR) is 74.5 cm³/mol. The summed E-state index contributed by atoms with van der Waals surface area (Å²) in [7, 11) is 0. The van der Waals surface area contributed by atoms with Crippen molar-refractivity contribution >= 4 is 28.3 Å². The molecule has 0 saturated heterocycles. The summed E-state index contributed by atoms with van der Waals surface area (Å²) in [5, 5.41) is 12.7. The molecule has 19 heavy (non-hydrogen) atoms. The number of hydrogen-bond acceptors (Lipinski definition) is 6. The molecular formula is C12H13N5OS. The van der Waals surface area contributed by atoms with E-state index in [1.54, 1.807) is 17.5 Å². The van der Waals surface area contributed by atoms with Crippen LogP contribution in [0.3, 0.4) is 0 Å². The summed E-state index contributed by atoms with van der Waals surface area (Å²) in [4.78, 5) is 9.83. The number of rotatable bonds is 5. The molecule has 0 radical (unpaired) electrons. The normalized spacial score (nSPS) is 10.8. The number of fused-ring (bicyclic) bond motifs is 1. The highest BCUT2D eigenvalue weighted by molar-refractivity contribution is 7.09. The number of nitrogens with zero attached hydrogens (tertiary/aromatic N) is 3. The SMILES string of the molecule is CCNc1nc(OCc2cccs2)c2cn[nH]c2n1. The fourth-order valence-corrected chi connectivity index (χ4v) is 2.31. The Balaban J connectivity index is 1.89. The number of hydrogen-bond donors (Lipinski definition) is 2. The van der Waals surface area contributed by atoms with E-state index in [9.17, 15) is 0 Å². The first kappa shape index (κ1) is 11.9. The summed E-state index contributed by atoms with van der Waals surface area (Å²) in [6.45, 7) is 3.25. The third kappa shape index (κ3) is 2.50. The van der Waals surface area contributed by atoms with Crippen molar-refractivity contribution in [3.05, 3.63) is 28.6 Å². The van der Waals surface area contributed by atoms with Gasteiger partial charge in [-0.25, -0.2) is 0 Å². The van der Waals surface area contributed by atoms with E-state index in [4.69, 9.17) is 4.74 Å². The van der Waals surface area contributed by atoms with Gasteiger partial charge in [0.15, 0.2) is 5.65 Å². The Kier molecular flexibility index (Phi) is 3.28. The Morgan fingerprint density at radius 1 is 1.42 bits per heavy atom. The molecule has 0 aliphatic rings. The zero-order chi connectivity index (χ0) is 13.1. The van der Waals surface area contributed by atoms with Gasteiger partial charge in [0.2, 0.25) is 11.8 Å². The lowest BCUT2D eigenvalue weighted by molar-refractivity contribution is 0.301. The van der Waals surface area contributed by atoms with Crippen molar-refractivity contribution < 1.29 is 4.74 Å². The van der Waals surface area contributed by atoms with Crippen LogP contribution in [0.5, 0.6) is 5.88 Å². The van der Waals surface area contributed by atoms with Crippen LogP contribution in [0.1, 0.15) is 11.8 Å². The first-order valence-corrected chi connectivity index (χ1v) is 6.85. The maximum Gasteiger partial charge on any atom is 0.229 e. The number of aromatic amines is 1. The van der Waals surface area contributed by atoms with E-state index in [2.05, 4.69) is 25.5 Å². The van der Waals surface area contributed by atoms with Crippen LogP contribution in [0.15, 0.2) is 23.7 Å². The van der Waals surface area contributed by atoms with Crippen LogP contribution in [-0.4, -0.2) is 26.7 Å². The van der Waals surface area contributed by atoms with Crippen molar-refractivity contribution in [2.75, 3.05) is 11.9 Å². The highest BCUT2D eigenvalue weighted by atomic mass is 32.1. The lowest BCUT2D eigenvalue weighted by Gasteiger charge is -2.07. The lowest BCUT2D eigenvalue weighted by atomic mass is 10.4. The maximum absolute atomic E-state index is 5.77. The Hall–Kier alpha value is -2.15. The number of ether oxygens (including phenoxy) is 1. The number of aromatic nitrogens is 4. The Morgan fingerprint density at radius 3 is 3.16 bits per heavy atom. The molecule has 0 aliphatic carbocycles. The quantitative estimate of drug-likeness (QED) is 0.748. The minimum atomic E-state index is 0.501. The second-order valence-corrected chi connectivity index (χ2v) is 4.92. The molecule has 0 atom stereocenters. The summed E-state index contributed by atoms with van der Waals surface area (Å²) in [5.74, 6) is 1.09. The smallest absolute Gasteiger partial charge is 0.229 e. The highest BCUT2D eigenvalue weighted by Gasteiger charge is 2.10. The molecular weight excluding hydrogens is 262 g/mol. The molecule has 0 spiro atoms. The fourth-order valence-electron chi connectivity index (χ4n) is 1.69. The van der Waals surface area contributed by atoms with Crippen LogP contribution >= 0.6 is 11.3 Å². The van der Waals surface area contributed by atoms with E-state index >= 15 is 0 Å². The van der Waals surface area contributed by atoms with Gasteiger partial charge >= 0.3 is 0 Å². The lowest BCUT2D eigenvalue weighted by Crippen LogP contribution is -2.04. The van der Waals surface area contributed by atoms with Crippen LogP contribution in [0.4, 0.5) is 5.95 Å². The molecule has 98 valence electrons. The summed E-state index contributed by atoms with van der Waals surface area (Å²) in [6.07, 6.45) is 1.68. The van der Waals surface area contributed by atoms with Gasteiger partial charge in [-0.3, -0.25) is 5.10 Å². The van der Waals surface area contributed by atoms with Crippen molar-refractivity contribution in [2.45, 2.75) is 13.5 Å². The summed E-state index contributed by atoms with van der Waals surface area (Å²) in [6, 6.07) is 4.03. The summed E-state index contributed by atoms with van der Waals surface area (Å²) < 4.78 is 5.77. The highest BCUT2D eigenvalue weighted by Crippen LogP contribution is 2.23. The van der Waals surface area contributed by atoms with E-state index in [1.165, 1.54) is 0 Å². The van der Waals surface area contributed by atoms with Gasteiger partial charge in [0, 0.05) is 11.4 Å². The molecule has 7 heteroatoms. The third-order valence-corrected chi connectivity index (χ3v) is 3.39. The van der Waals surface area contributed by atoms with Gasteiger partial charge < -0.3 is 10.1 Å². The van der Waals surface area contributed by atoms with E-state index in [0.29, 0.717) is 24.1 Å². The molecule has 3 aromatic rings. The van der Waals surface area contributed by atoms with Crippen LogP contribution in [0, 0.1) is 0 Å². The predicted octanol–water partition coefficient (Wildman–Crippen LogP) is 2.43. The van der Waals surface area contributed by atoms with Crippen molar-refractivity contribution in [2.24, 2.45) is 0 Å². The zero-order valence-electron chi connectivity index (χ0n) is 10.4. The molecule has 0 aliphatic heterocycles. The molecule has 6 nitrogen and oxygen atoms in total. The molecule has 0 unspecified atom stereocenters. The Labute approximate surface area is 113 Å². The molecule has 0 fully saturated rings. The van der Waals surface area contributed by atoms with Gasteiger partial charge in [0.05, 0.1) is 6.20 Å². The Morgan fingerprint density at radius 2 is 2.37 bits per heavy atom. The van der Waals surface area contributed by atoms with Gasteiger partial charge in [-0.1, -0.05) is 6.07 Å². The Bertz CT molecular complexity index is 664. The van der Waals surface area contributed by atoms with E-state index in [1.807, 2.05) is 24.4 Å². The first-order valence-electron chi connectivity index (χ1n) is 5.97. The molecule has 3 aromatic heterocycles. The van der Waals surface area contributed by atoms with Crippen molar-refractivity contribution in [3.8, 4) is 5.88 Å². The third-order valence-electron chi connectivity index (χ3n) is 2.54. The van der Waals surface area contributed by atoms with Gasteiger partial charge in [-0.2, -0.15) is 15.1 Å². The number of anilines is 1. The van der Waals surface area contributed by atoms with E-state index < -0.39 is 0 Å². The summed E-state index contributed by atoms with van der Waals surface area (Å²) in [5.41, 5.74) is 0.673. The standard InChI is InChI=1S/C12H13N5OS/c1-2-13-12-15-10-9(6-14-17-10)11(16-12)18-7-8-4-3-5-19-8/h3-6H,2,7H2,1H3,(H2,13,14,15,16,17). The van der Waals surface area contributed by atoms with Crippen LogP contribution in [0.2, 0.25) is 0 Å². The average Bonchev–Trinajstić information content (AvgIpc) is 3.07. The van der Waals surface area contributed by atoms with Crippen molar-refractivity contribution in [1.82, 2.24) is 20.2 Å². The first-order chi connectivity index (χ1) is 9.36. The number of H-pyrrole nitrogens is 1. The second kappa shape index (κ2) is 5.23. The molecule has 0 bridgehead atoms. The molecule has 2 N–H and O–H groups in total. The fraction of sp³-hybridized carbons (Fsp3) is 0.250. The minimum absolute atomic E-state index is 0.501. The van der Waals surface area contributed by atoms with Crippen molar-refractivity contribution in [3.63, 3.8) is 0 Å². The van der Waals surface area contributed by atoms with E-state index in [-0.39, 0.29) is 0 Å². The van der Waals surface area contributed by atoms with Gasteiger partial charge in [0.25, 0.3) is 0 Å². The largest absolute Gasteiger partial charge is 0.471 e. The van der Waals surface area contributed by atoms with Gasteiger partial charge in [-0.05, 0) is 18.4 Å². The topological polar surface area (TPSA) is 75.7 Å². The van der Waals surface area contributed by atoms with Crippen LogP contribution in [0.25, 0.3) is 11.0 Å². The number of thiophene rings is 1. The molecule has 0 saturated carbocycles. The maximum atomic E-state index is 5.77. The van der Waals surface area contributed by atoms with Crippen LogP contribution < -0.4 is 10.1 Å². The zero-order valence-corrected chi connectivity index (χ0v) is 11.2. The second-order valence-electron chi connectivity index (χ2n) is 3.88. The minimum Gasteiger partial charge on any atom is -0.471 e. The van der Waals surface area contributed by atoms with Gasteiger partial charge in [0.1, 0.15) is 12.0 Å². The molecule has 3 rings (SSSR count). The van der Waals surface area contributed by atoms with E-state index in [0.717, 1.165) is 16.8 Å². The number of nitrogens with one attached hydrogen (secondary N) is 2. The van der Waals surface area contributed by atoms with Crippen molar-refractivity contribution in [1.29, 1.82) is 0 Å².